The van der Waals surface area contributed by atoms with Gasteiger partial charge in [-0.15, -0.1) is 0 Å². The fraction of sp³-hybridized carbons (Fsp3) is 0.185. The maximum Gasteiger partial charge on any atom is 0.324 e. The number of carbonyl (C=O) groups excluding carboxylic acids is 2. The minimum absolute atomic E-state index is 0.186. The van der Waals surface area contributed by atoms with Crippen LogP contribution in [-0.4, -0.2) is 34.3 Å². The van der Waals surface area contributed by atoms with Crippen LogP contribution in [-0.2, 0) is 10.2 Å². The van der Waals surface area contributed by atoms with E-state index in [-0.39, 0.29) is 5.41 Å². The number of hydrogen-bond acceptors (Lipinski definition) is 6. The van der Waals surface area contributed by atoms with Crippen LogP contribution in [0.4, 0.5) is 27.8 Å². The smallest absolute Gasteiger partial charge is 0.324 e. The molecule has 0 bridgehead atoms. The van der Waals surface area contributed by atoms with E-state index >= 15 is 0 Å². The first kappa shape index (κ1) is 25.2. The minimum Gasteiger partial charge on any atom is -0.455 e. The summed E-state index contributed by atoms with van der Waals surface area (Å²) in [5, 5.41) is 16.0. The lowest BCUT2D eigenvalue weighted by Gasteiger charge is -2.14. The van der Waals surface area contributed by atoms with E-state index in [9.17, 15) is 9.59 Å². The molecule has 37 heavy (non-hydrogen) atoms. The second kappa shape index (κ2) is 10.8. The van der Waals surface area contributed by atoms with Gasteiger partial charge >= 0.3 is 6.03 Å². The van der Waals surface area contributed by atoms with Crippen LogP contribution in [0.1, 0.15) is 26.5 Å². The number of pyridine rings is 1. The number of urea groups is 1. The zero-order valence-electron chi connectivity index (χ0n) is 21.1. The van der Waals surface area contributed by atoms with Crippen molar-refractivity contribution >= 4 is 35.5 Å². The average molecular weight is 500 g/mol. The maximum atomic E-state index is 12.8. The standard InChI is InChI=1S/C27H29N7O3/c1-27(2,3)22-16-23(34(33-22)19-8-6-5-7-9-19)32-26(36)31-18-10-12-20(13-11-18)37-21-14-15-29-25(30-17-35)24(21)28-4/h5-17,28H,1-4H3,(H,29,30,35)(H2,31,32,36). The Balaban J connectivity index is 1.47. The quantitative estimate of drug-likeness (QED) is 0.234. The Kier molecular flexibility index (Phi) is 7.38. The number of nitrogens with one attached hydrogen (secondary N) is 4. The summed E-state index contributed by atoms with van der Waals surface area (Å²) >= 11 is 0. The van der Waals surface area contributed by atoms with Gasteiger partial charge in [0.1, 0.15) is 17.3 Å². The van der Waals surface area contributed by atoms with E-state index in [2.05, 4.69) is 47.0 Å². The molecule has 2 aromatic heterocycles. The van der Waals surface area contributed by atoms with Crippen molar-refractivity contribution in [2.24, 2.45) is 0 Å². The predicted molar refractivity (Wildman–Crippen MR) is 145 cm³/mol. The number of hydrogen-bond donors (Lipinski definition) is 4. The van der Waals surface area contributed by atoms with Crippen molar-refractivity contribution < 1.29 is 14.3 Å². The molecule has 0 unspecified atom stereocenters. The average Bonchev–Trinajstić information content (AvgIpc) is 3.30. The molecule has 0 aliphatic carbocycles. The van der Waals surface area contributed by atoms with Crippen molar-refractivity contribution in [3.8, 4) is 17.2 Å². The van der Waals surface area contributed by atoms with Crippen molar-refractivity contribution in [2.45, 2.75) is 26.2 Å². The van der Waals surface area contributed by atoms with Crippen LogP contribution in [0.15, 0.2) is 72.9 Å². The molecule has 190 valence electrons. The molecule has 0 radical (unpaired) electrons. The molecular formula is C27H29N7O3. The fourth-order valence-electron chi connectivity index (χ4n) is 3.55. The molecule has 2 heterocycles. The molecule has 4 aromatic rings. The second-order valence-electron chi connectivity index (χ2n) is 9.16. The van der Waals surface area contributed by atoms with Crippen molar-refractivity contribution in [1.82, 2.24) is 14.8 Å². The number of nitrogens with zero attached hydrogens (tertiary/aromatic N) is 3. The Bertz CT molecular complexity index is 1380. The van der Waals surface area contributed by atoms with Gasteiger partial charge in [-0.2, -0.15) is 5.10 Å². The molecule has 10 nitrogen and oxygen atoms in total. The Hall–Kier alpha value is -4.86. The first-order valence-electron chi connectivity index (χ1n) is 11.7. The first-order chi connectivity index (χ1) is 17.8. The van der Waals surface area contributed by atoms with E-state index in [1.54, 1.807) is 42.1 Å². The summed E-state index contributed by atoms with van der Waals surface area (Å²) in [5.41, 5.74) is 2.64. The van der Waals surface area contributed by atoms with Crippen molar-refractivity contribution in [2.75, 3.05) is 28.3 Å². The van der Waals surface area contributed by atoms with Crippen LogP contribution in [0.3, 0.4) is 0 Å². The summed E-state index contributed by atoms with van der Waals surface area (Å²) in [7, 11) is 1.71. The molecule has 3 amide bonds. The van der Waals surface area contributed by atoms with Gasteiger partial charge in [0.15, 0.2) is 11.6 Å². The SMILES string of the molecule is CNc1c(Oc2ccc(NC(=O)Nc3cc(C(C)(C)C)nn3-c3ccccc3)cc2)ccnc1NC=O. The molecule has 0 saturated carbocycles. The molecule has 0 spiro atoms. The lowest BCUT2D eigenvalue weighted by molar-refractivity contribution is -0.105. The lowest BCUT2D eigenvalue weighted by Crippen LogP contribution is -2.21. The number of amides is 3. The number of para-hydroxylation sites is 1. The third-order valence-electron chi connectivity index (χ3n) is 5.42. The van der Waals surface area contributed by atoms with Crippen LogP contribution in [0.25, 0.3) is 5.69 Å². The van der Waals surface area contributed by atoms with Gasteiger partial charge < -0.3 is 20.7 Å². The van der Waals surface area contributed by atoms with E-state index in [0.29, 0.717) is 40.9 Å². The summed E-state index contributed by atoms with van der Waals surface area (Å²) in [5.74, 6) is 1.95. The topological polar surface area (TPSA) is 122 Å². The fourth-order valence-corrected chi connectivity index (χ4v) is 3.55. The molecule has 2 aromatic carbocycles. The summed E-state index contributed by atoms with van der Waals surface area (Å²) < 4.78 is 7.67. The monoisotopic (exact) mass is 499 g/mol. The van der Waals surface area contributed by atoms with Crippen molar-refractivity contribution in [3.05, 3.63) is 78.6 Å². The van der Waals surface area contributed by atoms with Gasteiger partial charge in [-0.25, -0.2) is 14.5 Å². The summed E-state index contributed by atoms with van der Waals surface area (Å²) in [6.45, 7) is 6.22. The molecule has 0 fully saturated rings. The summed E-state index contributed by atoms with van der Waals surface area (Å²) in [4.78, 5) is 27.8. The summed E-state index contributed by atoms with van der Waals surface area (Å²) in [6, 6.07) is 19.7. The normalized spacial score (nSPS) is 10.9. The van der Waals surface area contributed by atoms with E-state index in [0.717, 1.165) is 11.4 Å². The number of rotatable bonds is 8. The Morgan fingerprint density at radius 2 is 1.73 bits per heavy atom. The zero-order chi connectivity index (χ0) is 26.4. The largest absolute Gasteiger partial charge is 0.455 e. The Morgan fingerprint density at radius 3 is 2.38 bits per heavy atom. The number of anilines is 4. The van der Waals surface area contributed by atoms with Crippen LogP contribution in [0, 0.1) is 0 Å². The second-order valence-corrected chi connectivity index (χ2v) is 9.16. The van der Waals surface area contributed by atoms with E-state index in [4.69, 9.17) is 9.84 Å². The van der Waals surface area contributed by atoms with Crippen LogP contribution in [0.2, 0.25) is 0 Å². The van der Waals surface area contributed by atoms with Gasteiger partial charge in [0, 0.05) is 36.5 Å². The maximum absolute atomic E-state index is 12.8. The Morgan fingerprint density at radius 1 is 1.00 bits per heavy atom. The van der Waals surface area contributed by atoms with E-state index < -0.39 is 6.03 Å². The van der Waals surface area contributed by atoms with Crippen LogP contribution in [0.5, 0.6) is 11.5 Å². The van der Waals surface area contributed by atoms with Gasteiger partial charge in [-0.1, -0.05) is 39.0 Å². The molecule has 0 saturated heterocycles. The lowest BCUT2D eigenvalue weighted by atomic mass is 9.92. The molecule has 0 aliphatic heterocycles. The van der Waals surface area contributed by atoms with Gasteiger partial charge in [0.2, 0.25) is 6.41 Å². The zero-order valence-corrected chi connectivity index (χ0v) is 21.1. The molecule has 0 aliphatic rings. The molecule has 4 N–H and O–H groups in total. The third-order valence-corrected chi connectivity index (χ3v) is 5.42. The predicted octanol–water partition coefficient (Wildman–Crippen LogP) is 5.61. The van der Waals surface area contributed by atoms with E-state index in [1.807, 2.05) is 36.4 Å². The van der Waals surface area contributed by atoms with Crippen molar-refractivity contribution in [1.29, 1.82) is 0 Å². The number of benzene rings is 2. The van der Waals surface area contributed by atoms with Crippen molar-refractivity contribution in [3.63, 3.8) is 0 Å². The van der Waals surface area contributed by atoms with Crippen LogP contribution < -0.4 is 26.0 Å². The number of aromatic nitrogens is 3. The number of carbonyl (C=O) groups is 2. The van der Waals surface area contributed by atoms with Gasteiger partial charge in [0.25, 0.3) is 0 Å². The highest BCUT2D eigenvalue weighted by molar-refractivity contribution is 5.99. The Labute approximate surface area is 215 Å². The van der Waals surface area contributed by atoms with Gasteiger partial charge in [0.05, 0.1) is 11.4 Å². The highest BCUT2D eigenvalue weighted by Gasteiger charge is 2.21. The number of ether oxygens (including phenoxy) is 1. The molecule has 10 heteroatoms. The first-order valence-corrected chi connectivity index (χ1v) is 11.7. The molecular weight excluding hydrogens is 470 g/mol. The highest BCUT2D eigenvalue weighted by Crippen LogP contribution is 2.34. The summed E-state index contributed by atoms with van der Waals surface area (Å²) in [6.07, 6.45) is 2.09. The van der Waals surface area contributed by atoms with Gasteiger partial charge in [-0.3, -0.25) is 10.1 Å². The molecule has 4 rings (SSSR count). The molecule has 0 atom stereocenters. The van der Waals surface area contributed by atoms with Gasteiger partial charge in [-0.05, 0) is 36.4 Å². The highest BCUT2D eigenvalue weighted by atomic mass is 16.5. The van der Waals surface area contributed by atoms with E-state index in [1.165, 1.54) is 6.20 Å². The van der Waals surface area contributed by atoms with Crippen LogP contribution >= 0.6 is 0 Å². The minimum atomic E-state index is -0.401. The third kappa shape index (κ3) is 6.04.